The lowest BCUT2D eigenvalue weighted by Gasteiger charge is -2.26. The molecule has 5 heteroatoms. The van der Waals surface area contributed by atoms with Crippen molar-refractivity contribution >= 4 is 22.8 Å². The predicted octanol–water partition coefficient (Wildman–Crippen LogP) is 2.04. The highest BCUT2D eigenvalue weighted by Gasteiger charge is 2.39. The molecule has 18 heavy (non-hydrogen) atoms. The maximum atomic E-state index is 12.7. The largest absolute Gasteiger partial charge is 0.333 e. The van der Waals surface area contributed by atoms with Crippen LogP contribution in [0.5, 0.6) is 0 Å². The lowest BCUT2D eigenvalue weighted by atomic mass is 10.2. The molecule has 0 aromatic heterocycles. The number of carbonyl (C=O) groups excluding carboxylic acids is 1. The Morgan fingerprint density at radius 2 is 2.00 bits per heavy atom. The summed E-state index contributed by atoms with van der Waals surface area (Å²) >= 11 is 1.55. The van der Waals surface area contributed by atoms with Gasteiger partial charge in [-0.3, -0.25) is 9.79 Å². The number of thioether (sulfide) groups is 1. The minimum absolute atomic E-state index is 0.201. The first-order valence-electron chi connectivity index (χ1n) is 6.63. The normalized spacial score (nSPS) is 31.2. The van der Waals surface area contributed by atoms with Crippen molar-refractivity contribution in [2.24, 2.45) is 4.99 Å². The summed E-state index contributed by atoms with van der Waals surface area (Å²) in [7, 11) is 0. The Balaban J connectivity index is 1.85. The number of rotatable bonds is 1. The van der Waals surface area contributed by atoms with E-state index in [1.165, 1.54) is 0 Å². The van der Waals surface area contributed by atoms with Crippen LogP contribution in [0.25, 0.3) is 0 Å². The minimum Gasteiger partial charge on any atom is -0.333 e. The van der Waals surface area contributed by atoms with Gasteiger partial charge in [-0.2, -0.15) is 0 Å². The van der Waals surface area contributed by atoms with Gasteiger partial charge in [0.05, 0.1) is 11.4 Å². The second-order valence-corrected chi connectivity index (χ2v) is 6.30. The molecule has 98 valence electrons. The summed E-state index contributed by atoms with van der Waals surface area (Å²) in [5, 5.41) is 1.01. The van der Waals surface area contributed by atoms with Gasteiger partial charge < -0.3 is 9.80 Å². The summed E-state index contributed by atoms with van der Waals surface area (Å²) in [4.78, 5) is 22.2. The molecule has 0 spiro atoms. The van der Waals surface area contributed by atoms with Crippen LogP contribution in [0.1, 0.15) is 33.6 Å². The fraction of sp³-hybridized carbons (Fsp3) is 0.692. The molecule has 0 aromatic rings. The van der Waals surface area contributed by atoms with E-state index in [2.05, 4.69) is 28.6 Å². The smallest absolute Gasteiger partial charge is 0.262 e. The second-order valence-electron chi connectivity index (χ2n) is 5.32. The van der Waals surface area contributed by atoms with Crippen molar-refractivity contribution in [1.82, 2.24) is 9.80 Å². The molecular formula is C13H19N3OS. The van der Waals surface area contributed by atoms with E-state index >= 15 is 0 Å². The number of allylic oxidation sites excluding steroid dienone is 1. The van der Waals surface area contributed by atoms with Gasteiger partial charge in [0, 0.05) is 24.3 Å². The zero-order valence-corrected chi connectivity index (χ0v) is 12.0. The van der Waals surface area contributed by atoms with Gasteiger partial charge in [0.1, 0.15) is 0 Å². The van der Waals surface area contributed by atoms with Crippen molar-refractivity contribution < 1.29 is 4.79 Å². The van der Waals surface area contributed by atoms with Crippen molar-refractivity contribution in [3.8, 4) is 0 Å². The van der Waals surface area contributed by atoms with Crippen LogP contribution in [0.4, 0.5) is 0 Å². The van der Waals surface area contributed by atoms with Gasteiger partial charge in [0.2, 0.25) is 0 Å². The Labute approximate surface area is 112 Å². The second kappa shape index (κ2) is 4.30. The van der Waals surface area contributed by atoms with Crippen LogP contribution in [0.15, 0.2) is 15.6 Å². The number of hydrogen-bond acceptors (Lipinski definition) is 4. The molecule has 1 fully saturated rings. The van der Waals surface area contributed by atoms with Crippen LogP contribution in [0.3, 0.4) is 0 Å². The fourth-order valence-electron chi connectivity index (χ4n) is 3.02. The van der Waals surface area contributed by atoms with Crippen molar-refractivity contribution in [2.75, 3.05) is 13.1 Å². The molecule has 3 rings (SSSR count). The van der Waals surface area contributed by atoms with Crippen molar-refractivity contribution in [1.29, 1.82) is 0 Å². The summed E-state index contributed by atoms with van der Waals surface area (Å²) in [6.07, 6.45) is 2.24. The molecule has 0 radical (unpaired) electrons. The lowest BCUT2D eigenvalue weighted by Crippen LogP contribution is -2.39. The Morgan fingerprint density at radius 3 is 2.61 bits per heavy atom. The van der Waals surface area contributed by atoms with Crippen molar-refractivity contribution in [2.45, 2.75) is 45.7 Å². The number of hydrogen-bond donors (Lipinski definition) is 0. The van der Waals surface area contributed by atoms with E-state index < -0.39 is 0 Å². The van der Waals surface area contributed by atoms with Gasteiger partial charge in [-0.25, -0.2) is 0 Å². The molecule has 1 amide bonds. The van der Waals surface area contributed by atoms with Gasteiger partial charge >= 0.3 is 0 Å². The molecule has 2 atom stereocenters. The van der Waals surface area contributed by atoms with Crippen LogP contribution in [0.2, 0.25) is 0 Å². The van der Waals surface area contributed by atoms with Crippen LogP contribution in [-0.4, -0.2) is 46.0 Å². The number of aliphatic imine (C=N–C) groups is 1. The molecule has 0 N–H and O–H groups in total. The van der Waals surface area contributed by atoms with E-state index in [0.29, 0.717) is 12.1 Å². The first-order valence-corrected chi connectivity index (χ1v) is 7.44. The molecule has 3 heterocycles. The third-order valence-corrected chi connectivity index (χ3v) is 5.32. The highest BCUT2D eigenvalue weighted by molar-refractivity contribution is 8.18. The number of amides is 1. The minimum atomic E-state index is 0.201. The van der Waals surface area contributed by atoms with Crippen LogP contribution < -0.4 is 0 Å². The molecule has 0 bridgehead atoms. The maximum absolute atomic E-state index is 12.7. The van der Waals surface area contributed by atoms with Crippen molar-refractivity contribution in [3.63, 3.8) is 0 Å². The highest BCUT2D eigenvalue weighted by atomic mass is 32.2. The monoisotopic (exact) mass is 265 g/mol. The SMILES string of the molecule is CC1=C(C(=O)N2[C@H](C)CC[C@@H]2C)SC2=NCCN21. The van der Waals surface area contributed by atoms with Crippen LogP contribution >= 0.6 is 11.8 Å². The number of fused-ring (bicyclic) bond motifs is 1. The van der Waals surface area contributed by atoms with Gasteiger partial charge in [-0.1, -0.05) is 0 Å². The number of nitrogens with zero attached hydrogens (tertiary/aromatic N) is 3. The summed E-state index contributed by atoms with van der Waals surface area (Å²) in [6, 6.07) is 0.733. The first kappa shape index (κ1) is 12.1. The van der Waals surface area contributed by atoms with Crippen molar-refractivity contribution in [3.05, 3.63) is 10.6 Å². The third kappa shape index (κ3) is 1.67. The zero-order chi connectivity index (χ0) is 12.9. The Kier molecular flexibility index (Phi) is 2.88. The van der Waals surface area contributed by atoms with Gasteiger partial charge in [-0.05, 0) is 45.4 Å². The topological polar surface area (TPSA) is 35.9 Å². The molecule has 4 nitrogen and oxygen atoms in total. The van der Waals surface area contributed by atoms with Crippen LogP contribution in [0, 0.1) is 0 Å². The maximum Gasteiger partial charge on any atom is 0.262 e. The van der Waals surface area contributed by atoms with E-state index in [9.17, 15) is 4.79 Å². The number of likely N-dealkylation sites (tertiary alicyclic amines) is 1. The molecular weight excluding hydrogens is 246 g/mol. The number of carbonyl (C=O) groups is 1. The first-order chi connectivity index (χ1) is 8.59. The highest BCUT2D eigenvalue weighted by Crippen LogP contribution is 2.39. The summed E-state index contributed by atoms with van der Waals surface area (Å²) in [6.45, 7) is 8.12. The van der Waals surface area contributed by atoms with E-state index in [0.717, 1.165) is 41.7 Å². The quantitative estimate of drug-likeness (QED) is 0.728. The Morgan fingerprint density at radius 1 is 1.33 bits per heavy atom. The third-order valence-electron chi connectivity index (χ3n) is 4.11. The molecule has 0 aliphatic carbocycles. The summed E-state index contributed by atoms with van der Waals surface area (Å²) in [5.74, 6) is 0.201. The average molecular weight is 265 g/mol. The molecule has 0 unspecified atom stereocenters. The summed E-state index contributed by atoms with van der Waals surface area (Å²) in [5.41, 5.74) is 1.09. The average Bonchev–Trinajstić information content (AvgIpc) is 2.97. The predicted molar refractivity (Wildman–Crippen MR) is 74.3 cm³/mol. The van der Waals surface area contributed by atoms with E-state index in [1.54, 1.807) is 11.8 Å². The fourth-order valence-corrected chi connectivity index (χ4v) is 4.15. The zero-order valence-electron chi connectivity index (χ0n) is 11.1. The molecule has 0 saturated carbocycles. The van der Waals surface area contributed by atoms with E-state index in [-0.39, 0.29) is 5.91 Å². The van der Waals surface area contributed by atoms with Gasteiger partial charge in [0.15, 0.2) is 5.17 Å². The van der Waals surface area contributed by atoms with E-state index in [4.69, 9.17) is 0 Å². The number of amidine groups is 1. The Hall–Kier alpha value is -0.970. The van der Waals surface area contributed by atoms with Gasteiger partial charge in [-0.15, -0.1) is 0 Å². The van der Waals surface area contributed by atoms with E-state index in [1.807, 2.05) is 6.92 Å². The lowest BCUT2D eigenvalue weighted by molar-refractivity contribution is -0.128. The van der Waals surface area contributed by atoms with Gasteiger partial charge in [0.25, 0.3) is 5.91 Å². The molecule has 3 aliphatic heterocycles. The Bertz CT molecular complexity index is 447. The molecule has 0 aromatic carbocycles. The summed E-state index contributed by atoms with van der Waals surface area (Å²) < 4.78 is 0. The standard InChI is InChI=1S/C13H19N3OS/c1-8-4-5-9(2)16(8)12(17)11-10(3)15-7-6-14-13(15)18-11/h8-9H,4-7H2,1-3H3/t8-,9+. The van der Waals surface area contributed by atoms with Crippen LogP contribution in [-0.2, 0) is 4.79 Å². The molecule has 3 aliphatic rings. The molecule has 1 saturated heterocycles.